The van der Waals surface area contributed by atoms with Crippen molar-refractivity contribution in [3.63, 3.8) is 0 Å². The van der Waals surface area contributed by atoms with Crippen LogP contribution in [0.15, 0.2) is 59.8 Å². The van der Waals surface area contributed by atoms with Gasteiger partial charge in [0, 0.05) is 17.3 Å². The van der Waals surface area contributed by atoms with Crippen LogP contribution in [0.25, 0.3) is 11.7 Å². The van der Waals surface area contributed by atoms with E-state index in [1.165, 1.54) is 16.7 Å². The Bertz CT molecular complexity index is 1070. The summed E-state index contributed by atoms with van der Waals surface area (Å²) in [7, 11) is -4.19. The van der Waals surface area contributed by atoms with Gasteiger partial charge in [0.2, 0.25) is 0 Å². The lowest BCUT2D eigenvalue weighted by atomic mass is 10.2. The first-order valence-corrected chi connectivity index (χ1v) is 9.24. The van der Waals surface area contributed by atoms with E-state index in [9.17, 15) is 13.2 Å². The largest absolute Gasteiger partial charge is 0.288 e. The van der Waals surface area contributed by atoms with Crippen LogP contribution in [0.3, 0.4) is 0 Å². The van der Waals surface area contributed by atoms with Crippen molar-refractivity contribution in [1.29, 1.82) is 0 Å². The van der Waals surface area contributed by atoms with Crippen LogP contribution in [0.2, 0.25) is 10.2 Å². The van der Waals surface area contributed by atoms with Crippen molar-refractivity contribution in [2.24, 2.45) is 0 Å². The number of halogens is 2. The normalized spacial score (nSPS) is 11.9. The molecule has 2 heterocycles. The lowest BCUT2D eigenvalue weighted by molar-refractivity contribution is -0.114. The van der Waals surface area contributed by atoms with Crippen molar-refractivity contribution in [3.8, 4) is 0 Å². The predicted molar refractivity (Wildman–Crippen MR) is 96.0 cm³/mol. The van der Waals surface area contributed by atoms with Crippen molar-refractivity contribution < 1.29 is 13.2 Å². The van der Waals surface area contributed by atoms with Gasteiger partial charge in [-0.05, 0) is 35.9 Å². The van der Waals surface area contributed by atoms with E-state index in [1.54, 1.807) is 42.5 Å². The van der Waals surface area contributed by atoms with Crippen molar-refractivity contribution >= 4 is 50.9 Å². The second-order valence-electron chi connectivity index (χ2n) is 4.99. The van der Waals surface area contributed by atoms with Crippen LogP contribution in [0, 0.1) is 0 Å². The number of aromatic nitrogens is 2. The second-order valence-corrected chi connectivity index (χ2v) is 7.38. The third-order valence-corrected chi connectivity index (χ3v) is 5.23. The smallest absolute Gasteiger partial charge is 0.283 e. The quantitative estimate of drug-likeness (QED) is 0.687. The summed E-state index contributed by atoms with van der Waals surface area (Å²) in [5, 5.41) is 0.0534. The average molecular weight is 396 g/mol. The average Bonchev–Trinajstić information content (AvgIpc) is 2.90. The van der Waals surface area contributed by atoms with Crippen molar-refractivity contribution in [2.45, 2.75) is 5.03 Å². The lowest BCUT2D eigenvalue weighted by Crippen LogP contribution is -2.30. The molecule has 6 nitrogen and oxygen atoms in total. The van der Waals surface area contributed by atoms with Gasteiger partial charge in [-0.25, -0.2) is 9.71 Å². The zero-order valence-electron chi connectivity index (χ0n) is 12.6. The molecule has 0 aliphatic rings. The van der Waals surface area contributed by atoms with Crippen molar-refractivity contribution in [3.05, 3.63) is 70.5 Å². The van der Waals surface area contributed by atoms with Gasteiger partial charge in [-0.3, -0.25) is 9.20 Å². The number of fused-ring (bicyclic) bond motifs is 1. The maximum atomic E-state index is 12.5. The first kappa shape index (κ1) is 17.5. The number of nitrogens with one attached hydrogen (secondary N) is 1. The first-order chi connectivity index (χ1) is 11.9. The molecule has 1 aromatic carbocycles. The molecular formula is C16H11Cl2N3O3S. The Morgan fingerprint density at radius 2 is 1.84 bits per heavy atom. The summed E-state index contributed by atoms with van der Waals surface area (Å²) in [4.78, 5) is 15.9. The number of hydrogen-bond donors (Lipinski definition) is 1. The Kier molecular flexibility index (Phi) is 4.80. The van der Waals surface area contributed by atoms with Gasteiger partial charge in [-0.1, -0.05) is 41.4 Å². The monoisotopic (exact) mass is 395 g/mol. The first-order valence-electron chi connectivity index (χ1n) is 7.00. The fourth-order valence-electron chi connectivity index (χ4n) is 2.15. The topological polar surface area (TPSA) is 80.5 Å². The number of nitrogens with zero attached hydrogens (tertiary/aromatic N) is 2. The van der Waals surface area contributed by atoms with E-state index in [0.717, 1.165) is 6.08 Å². The zero-order chi connectivity index (χ0) is 18.0. The number of carbonyl (C=O) groups is 1. The van der Waals surface area contributed by atoms with Gasteiger partial charge in [-0.15, -0.1) is 0 Å². The van der Waals surface area contributed by atoms with Crippen LogP contribution in [0.5, 0.6) is 0 Å². The van der Waals surface area contributed by atoms with Crippen LogP contribution < -0.4 is 4.72 Å². The molecule has 9 heteroatoms. The summed E-state index contributed by atoms with van der Waals surface area (Å²) in [6.07, 6.45) is 4.08. The molecule has 3 aromatic rings. The van der Waals surface area contributed by atoms with Crippen LogP contribution in [0.4, 0.5) is 0 Å². The zero-order valence-corrected chi connectivity index (χ0v) is 14.9. The highest BCUT2D eigenvalue weighted by atomic mass is 35.5. The molecule has 0 saturated heterocycles. The molecule has 0 aliphatic heterocycles. The molecule has 0 radical (unpaired) electrons. The summed E-state index contributed by atoms with van der Waals surface area (Å²) < 4.78 is 28.2. The molecule has 2 aromatic heterocycles. The molecule has 0 fully saturated rings. The SMILES string of the molecule is O=C(C=Cc1ccc(Cl)cc1)NS(=O)(=O)c1c(Cl)nc2ccccn12. The van der Waals surface area contributed by atoms with E-state index in [1.807, 2.05) is 4.72 Å². The Balaban J connectivity index is 1.84. The Morgan fingerprint density at radius 1 is 1.12 bits per heavy atom. The molecule has 0 spiro atoms. The van der Waals surface area contributed by atoms with Gasteiger partial charge in [0.15, 0.2) is 10.2 Å². The number of imidazole rings is 1. The van der Waals surface area contributed by atoms with Crippen LogP contribution >= 0.6 is 23.2 Å². The maximum absolute atomic E-state index is 12.5. The van der Waals surface area contributed by atoms with E-state index in [4.69, 9.17) is 23.2 Å². The van der Waals surface area contributed by atoms with Crippen LogP contribution in [0.1, 0.15) is 5.56 Å². The van der Waals surface area contributed by atoms with Gasteiger partial charge < -0.3 is 0 Å². The van der Waals surface area contributed by atoms with E-state index in [0.29, 0.717) is 16.2 Å². The molecular weight excluding hydrogens is 385 g/mol. The molecule has 0 saturated carbocycles. The molecule has 0 aliphatic carbocycles. The number of hydrogen-bond acceptors (Lipinski definition) is 4. The minimum absolute atomic E-state index is 0.215. The van der Waals surface area contributed by atoms with Crippen LogP contribution in [-0.4, -0.2) is 23.7 Å². The summed E-state index contributed by atoms with van der Waals surface area (Å²) in [5.41, 5.74) is 1.06. The summed E-state index contributed by atoms with van der Waals surface area (Å²) in [5.74, 6) is -0.808. The number of pyridine rings is 1. The van der Waals surface area contributed by atoms with E-state index in [2.05, 4.69) is 4.98 Å². The highest BCUT2D eigenvalue weighted by Crippen LogP contribution is 2.22. The van der Waals surface area contributed by atoms with Gasteiger partial charge >= 0.3 is 0 Å². The van der Waals surface area contributed by atoms with Crippen LogP contribution in [-0.2, 0) is 14.8 Å². The minimum Gasteiger partial charge on any atom is -0.288 e. The standard InChI is InChI=1S/C16H11Cl2N3O3S/c17-12-7-4-11(5-8-12)6-9-14(22)20-25(23,24)16-15(18)19-13-3-1-2-10-21(13)16/h1-10H,(H,20,22). The van der Waals surface area contributed by atoms with Crippen molar-refractivity contribution in [1.82, 2.24) is 14.1 Å². The number of sulfonamides is 1. The van der Waals surface area contributed by atoms with Gasteiger partial charge in [-0.2, -0.15) is 8.42 Å². The molecule has 0 unspecified atom stereocenters. The lowest BCUT2D eigenvalue weighted by Gasteiger charge is -2.05. The number of amides is 1. The molecule has 3 rings (SSSR count). The molecule has 0 atom stereocenters. The number of rotatable bonds is 4. The summed E-state index contributed by atoms with van der Waals surface area (Å²) in [6, 6.07) is 11.6. The molecule has 0 bridgehead atoms. The fourth-order valence-corrected chi connectivity index (χ4v) is 3.86. The third-order valence-electron chi connectivity index (χ3n) is 3.23. The number of carbonyl (C=O) groups excluding carboxylic acids is 1. The van der Waals surface area contributed by atoms with Crippen molar-refractivity contribution in [2.75, 3.05) is 0 Å². The highest BCUT2D eigenvalue weighted by molar-refractivity contribution is 7.90. The van der Waals surface area contributed by atoms with Gasteiger partial charge in [0.25, 0.3) is 15.9 Å². The third kappa shape index (κ3) is 3.84. The molecule has 128 valence electrons. The van der Waals surface area contributed by atoms with Gasteiger partial charge in [0.05, 0.1) is 0 Å². The van der Waals surface area contributed by atoms with E-state index in [-0.39, 0.29) is 10.2 Å². The Morgan fingerprint density at radius 3 is 2.56 bits per heavy atom. The summed E-state index contributed by atoms with van der Waals surface area (Å²) >= 11 is 11.7. The molecule has 1 amide bonds. The molecule has 25 heavy (non-hydrogen) atoms. The highest BCUT2D eigenvalue weighted by Gasteiger charge is 2.25. The minimum atomic E-state index is -4.19. The van der Waals surface area contributed by atoms with E-state index >= 15 is 0 Å². The summed E-state index contributed by atoms with van der Waals surface area (Å²) in [6.45, 7) is 0. The molecule has 1 N–H and O–H groups in total. The van der Waals surface area contributed by atoms with E-state index < -0.39 is 15.9 Å². The van der Waals surface area contributed by atoms with Gasteiger partial charge in [0.1, 0.15) is 5.65 Å². The Labute approximate surface area is 153 Å². The second kappa shape index (κ2) is 6.87. The maximum Gasteiger partial charge on any atom is 0.283 e. The predicted octanol–water partition coefficient (Wildman–Crippen LogP) is 3.16. The Hall–Kier alpha value is -2.35. The fraction of sp³-hybridized carbons (Fsp3) is 0. The number of benzene rings is 1.